The van der Waals surface area contributed by atoms with Gasteiger partial charge in [-0.2, -0.15) is 0 Å². The van der Waals surface area contributed by atoms with Crippen molar-refractivity contribution in [3.63, 3.8) is 0 Å². The smallest absolute Gasteiger partial charge is 0.550 e. The Morgan fingerprint density at radius 2 is 1.28 bits per heavy atom. The molecule has 0 aromatic rings. The van der Waals surface area contributed by atoms with Crippen molar-refractivity contribution in [3.05, 3.63) is 36.5 Å². The van der Waals surface area contributed by atoms with Crippen LogP contribution in [0.2, 0.25) is 0 Å². The summed E-state index contributed by atoms with van der Waals surface area (Å²) < 4.78 is 0. The fourth-order valence-corrected chi connectivity index (χ4v) is 2.59. The molecule has 4 nitrogen and oxygen atoms in total. The minimum atomic E-state index is -0.914. The van der Waals surface area contributed by atoms with Crippen LogP contribution in [0.1, 0.15) is 104 Å². The standard InChI is InChI=1S/C18H34O2.C6H8O2.K/c1-2-3-4-5-6-7-8-9-10-11-12-13-14-15-16-17-18(19)20;1-2-3-4-5-6(7)8;/h9-10H,2-8,11-17H2,1H3,(H,19,20);2-5H,1H3,(H,7,8);/q;;+1/p-1/b10-9-;3-2+,5-4+;. The molecule has 1 N–H and O–H groups in total. The summed E-state index contributed by atoms with van der Waals surface area (Å²) in [6.45, 7) is 4.08. The van der Waals surface area contributed by atoms with Crippen molar-refractivity contribution >= 4 is 11.9 Å². The topological polar surface area (TPSA) is 77.4 Å². The van der Waals surface area contributed by atoms with E-state index in [0.29, 0.717) is 0 Å². The van der Waals surface area contributed by atoms with Crippen molar-refractivity contribution in [1.29, 1.82) is 0 Å². The Morgan fingerprint density at radius 1 is 0.793 bits per heavy atom. The summed E-state index contributed by atoms with van der Waals surface area (Å²) in [7, 11) is 0. The number of carbonyl (C=O) groups is 2. The number of carboxylic acids is 2. The Balaban J connectivity index is -0.000000636. The molecule has 0 radical (unpaired) electrons. The third-order valence-corrected chi connectivity index (χ3v) is 4.19. The molecule has 0 aromatic heterocycles. The van der Waals surface area contributed by atoms with Crippen LogP contribution in [0.25, 0.3) is 0 Å². The number of rotatable bonds is 17. The average molecular weight is 433 g/mol. The molecule has 0 aliphatic rings. The van der Waals surface area contributed by atoms with Gasteiger partial charge in [0.15, 0.2) is 0 Å². The summed E-state index contributed by atoms with van der Waals surface area (Å²) in [6, 6.07) is 0. The Kier molecular flexibility index (Phi) is 34.6. The van der Waals surface area contributed by atoms with E-state index < -0.39 is 11.9 Å². The number of hydrogen-bond acceptors (Lipinski definition) is 3. The van der Waals surface area contributed by atoms with Gasteiger partial charge in [-0.3, -0.25) is 0 Å². The molecule has 0 bridgehead atoms. The van der Waals surface area contributed by atoms with Crippen LogP contribution < -0.4 is 56.5 Å². The zero-order valence-corrected chi connectivity index (χ0v) is 22.2. The normalized spacial score (nSPS) is 10.8. The van der Waals surface area contributed by atoms with Crippen LogP contribution in [0, 0.1) is 0 Å². The third-order valence-electron chi connectivity index (χ3n) is 4.19. The minimum absolute atomic E-state index is 0. The number of allylic oxidation sites excluding steroid dienone is 5. The Labute approximate surface area is 221 Å². The van der Waals surface area contributed by atoms with Gasteiger partial charge in [-0.25, -0.2) is 4.79 Å². The summed E-state index contributed by atoms with van der Waals surface area (Å²) in [5.41, 5.74) is 0. The van der Waals surface area contributed by atoms with Gasteiger partial charge < -0.3 is 15.0 Å². The number of hydrogen-bond donors (Lipinski definition) is 1. The third kappa shape index (κ3) is 38.9. The van der Waals surface area contributed by atoms with Gasteiger partial charge >= 0.3 is 57.4 Å². The maximum atomic E-state index is 10.2. The molecule has 0 spiro atoms. The van der Waals surface area contributed by atoms with Crippen molar-refractivity contribution < 1.29 is 71.2 Å². The van der Waals surface area contributed by atoms with Gasteiger partial charge in [-0.15, -0.1) is 0 Å². The maximum absolute atomic E-state index is 10.2. The van der Waals surface area contributed by atoms with E-state index in [1.165, 1.54) is 70.3 Å². The van der Waals surface area contributed by atoms with Gasteiger partial charge in [0.2, 0.25) is 0 Å². The minimum Gasteiger partial charge on any atom is -0.550 e. The second kappa shape index (κ2) is 30.0. The van der Waals surface area contributed by atoms with Gasteiger partial charge in [0, 0.05) is 12.0 Å². The van der Waals surface area contributed by atoms with Crippen LogP contribution in [-0.2, 0) is 9.59 Å². The largest absolute Gasteiger partial charge is 1.00 e. The molecule has 0 atom stereocenters. The molecule has 0 amide bonds. The van der Waals surface area contributed by atoms with E-state index in [0.717, 1.165) is 25.3 Å². The van der Waals surface area contributed by atoms with Crippen LogP contribution >= 0.6 is 0 Å². The molecular formula is C24H41KO4. The Morgan fingerprint density at radius 3 is 1.72 bits per heavy atom. The fraction of sp³-hybridized carbons (Fsp3) is 0.667. The van der Waals surface area contributed by atoms with Crippen LogP contribution in [0.15, 0.2) is 36.5 Å². The van der Waals surface area contributed by atoms with E-state index in [2.05, 4.69) is 19.1 Å². The molecule has 0 aromatic carbocycles. The number of carboxylic acid groups (broad SMARTS) is 2. The first-order valence-electron chi connectivity index (χ1n) is 10.9. The van der Waals surface area contributed by atoms with E-state index in [1.54, 1.807) is 12.2 Å². The molecular weight excluding hydrogens is 391 g/mol. The first-order chi connectivity index (χ1) is 13.5. The van der Waals surface area contributed by atoms with Crippen molar-refractivity contribution in [2.45, 2.75) is 104 Å². The van der Waals surface area contributed by atoms with Crippen LogP contribution in [0.5, 0.6) is 0 Å². The van der Waals surface area contributed by atoms with Gasteiger partial charge in [0.1, 0.15) is 0 Å². The second-order valence-corrected chi connectivity index (χ2v) is 6.93. The summed E-state index contributed by atoms with van der Waals surface area (Å²) in [5, 5.41) is 18.2. The SMILES string of the molecule is C/C=C/C=C/C(=O)O.CCCCCCCC/C=C\CCCCCCCC(=O)[O-].[K+]. The average Bonchev–Trinajstić information content (AvgIpc) is 2.65. The number of aliphatic carboxylic acids is 2. The monoisotopic (exact) mass is 432 g/mol. The molecule has 0 fully saturated rings. The molecule has 29 heavy (non-hydrogen) atoms. The first kappa shape index (κ1) is 33.4. The molecule has 5 heteroatoms. The van der Waals surface area contributed by atoms with Crippen LogP contribution in [0.3, 0.4) is 0 Å². The molecule has 162 valence electrons. The zero-order chi connectivity index (χ0) is 21.3. The maximum Gasteiger partial charge on any atom is 1.00 e. The molecule has 0 aliphatic carbocycles. The fourth-order valence-electron chi connectivity index (χ4n) is 2.59. The molecule has 0 rings (SSSR count). The molecule has 0 heterocycles. The molecule has 0 unspecified atom stereocenters. The van der Waals surface area contributed by atoms with Crippen LogP contribution in [0.4, 0.5) is 0 Å². The molecule has 0 saturated carbocycles. The van der Waals surface area contributed by atoms with Gasteiger partial charge in [-0.05, 0) is 45.4 Å². The van der Waals surface area contributed by atoms with E-state index in [4.69, 9.17) is 5.11 Å². The Hall–Kier alpha value is -0.204. The van der Waals surface area contributed by atoms with E-state index in [-0.39, 0.29) is 57.8 Å². The van der Waals surface area contributed by atoms with Crippen molar-refractivity contribution in [2.75, 3.05) is 0 Å². The predicted molar refractivity (Wildman–Crippen MR) is 116 cm³/mol. The van der Waals surface area contributed by atoms with E-state index in [1.807, 2.05) is 6.92 Å². The predicted octanol–water partition coefficient (Wildman–Crippen LogP) is 2.98. The van der Waals surface area contributed by atoms with Gasteiger partial charge in [0.25, 0.3) is 0 Å². The van der Waals surface area contributed by atoms with Crippen LogP contribution in [-0.4, -0.2) is 17.0 Å². The summed E-state index contributed by atoms with van der Waals surface area (Å²) in [4.78, 5) is 20.0. The summed E-state index contributed by atoms with van der Waals surface area (Å²) >= 11 is 0. The van der Waals surface area contributed by atoms with Crippen molar-refractivity contribution in [3.8, 4) is 0 Å². The zero-order valence-electron chi connectivity index (χ0n) is 19.0. The van der Waals surface area contributed by atoms with E-state index >= 15 is 0 Å². The first-order valence-corrected chi connectivity index (χ1v) is 10.9. The van der Waals surface area contributed by atoms with Gasteiger partial charge in [0.05, 0.1) is 0 Å². The number of unbranched alkanes of at least 4 members (excludes halogenated alkanes) is 11. The van der Waals surface area contributed by atoms with Crippen molar-refractivity contribution in [1.82, 2.24) is 0 Å². The number of carbonyl (C=O) groups excluding carboxylic acids is 1. The molecule has 0 aliphatic heterocycles. The Bertz CT molecular complexity index is 442. The second-order valence-electron chi connectivity index (χ2n) is 6.93. The quantitative estimate of drug-likeness (QED) is 0.126. The van der Waals surface area contributed by atoms with Crippen molar-refractivity contribution in [2.24, 2.45) is 0 Å². The summed E-state index contributed by atoms with van der Waals surface area (Å²) in [5.74, 6) is -1.83. The summed E-state index contributed by atoms with van der Waals surface area (Å²) in [6.07, 6.45) is 26.9. The van der Waals surface area contributed by atoms with E-state index in [9.17, 15) is 14.7 Å². The molecule has 0 saturated heterocycles. The van der Waals surface area contributed by atoms with Gasteiger partial charge in [-0.1, -0.05) is 88.7 Å².